The van der Waals surface area contributed by atoms with E-state index in [4.69, 9.17) is 0 Å². The summed E-state index contributed by atoms with van der Waals surface area (Å²) >= 11 is 1.64. The number of amides is 1. The summed E-state index contributed by atoms with van der Waals surface area (Å²) in [5.41, 5.74) is 3.07. The van der Waals surface area contributed by atoms with Crippen molar-refractivity contribution in [3.05, 3.63) is 77.6 Å². The molecule has 0 N–H and O–H groups in total. The molecule has 0 spiro atoms. The zero-order valence-corrected chi connectivity index (χ0v) is 15.9. The van der Waals surface area contributed by atoms with E-state index in [0.717, 1.165) is 26.5 Å². The molecule has 2 aromatic carbocycles. The smallest absolute Gasteiger partial charge is 0.223 e. The fourth-order valence-corrected chi connectivity index (χ4v) is 3.95. The van der Waals surface area contributed by atoms with E-state index in [0.29, 0.717) is 19.4 Å². The van der Waals surface area contributed by atoms with Crippen LogP contribution in [0.1, 0.15) is 17.0 Å². The van der Waals surface area contributed by atoms with Gasteiger partial charge in [-0.15, -0.1) is 11.3 Å². The Morgan fingerprint density at radius 2 is 1.89 bits per heavy atom. The van der Waals surface area contributed by atoms with Gasteiger partial charge in [0, 0.05) is 19.7 Å². The highest BCUT2D eigenvalue weighted by molar-refractivity contribution is 7.18. The summed E-state index contributed by atoms with van der Waals surface area (Å²) < 4.78 is 2.99. The molecule has 4 aromatic rings. The van der Waals surface area contributed by atoms with Gasteiger partial charge in [-0.2, -0.15) is 5.10 Å². The topological polar surface area (TPSA) is 51.0 Å². The van der Waals surface area contributed by atoms with Crippen molar-refractivity contribution >= 4 is 27.5 Å². The van der Waals surface area contributed by atoms with Crippen LogP contribution < -0.4 is 0 Å². The van der Waals surface area contributed by atoms with Crippen molar-refractivity contribution in [2.24, 2.45) is 0 Å². The minimum Gasteiger partial charge on any atom is -0.339 e. The van der Waals surface area contributed by atoms with Gasteiger partial charge in [0.2, 0.25) is 5.91 Å². The van der Waals surface area contributed by atoms with Crippen LogP contribution >= 0.6 is 11.3 Å². The van der Waals surface area contributed by atoms with Crippen molar-refractivity contribution in [3.63, 3.8) is 0 Å². The van der Waals surface area contributed by atoms with Gasteiger partial charge in [-0.05, 0) is 36.2 Å². The highest BCUT2D eigenvalue weighted by Gasteiger charge is 2.13. The second-order valence-electron chi connectivity index (χ2n) is 6.45. The normalized spacial score (nSPS) is 11.0. The second-order valence-corrected chi connectivity index (χ2v) is 7.57. The number of aryl methyl sites for hydroxylation is 1. The first-order chi connectivity index (χ1) is 13.2. The standard InChI is InChI=1S/C21H20N4OS/c1-24(15-20-23-18-9-5-6-10-19(18)27-20)21(26)12-11-16-13-22-25(14-16)17-7-3-2-4-8-17/h2-10,13-14H,11-12,15H2,1H3. The minimum absolute atomic E-state index is 0.113. The van der Waals surface area contributed by atoms with Crippen molar-refractivity contribution in [1.82, 2.24) is 19.7 Å². The zero-order chi connectivity index (χ0) is 18.6. The molecule has 1 amide bonds. The number of hydrogen-bond donors (Lipinski definition) is 0. The summed E-state index contributed by atoms with van der Waals surface area (Å²) in [5, 5.41) is 5.35. The molecule has 0 atom stereocenters. The van der Waals surface area contributed by atoms with E-state index < -0.39 is 0 Å². The summed E-state index contributed by atoms with van der Waals surface area (Å²) in [6.07, 6.45) is 4.95. The van der Waals surface area contributed by atoms with Gasteiger partial charge in [-0.1, -0.05) is 30.3 Å². The average Bonchev–Trinajstić information content (AvgIpc) is 3.33. The van der Waals surface area contributed by atoms with E-state index >= 15 is 0 Å². The summed E-state index contributed by atoms with van der Waals surface area (Å²) in [7, 11) is 1.84. The molecule has 0 aliphatic rings. The molecule has 27 heavy (non-hydrogen) atoms. The number of hydrogen-bond acceptors (Lipinski definition) is 4. The van der Waals surface area contributed by atoms with Crippen molar-refractivity contribution in [1.29, 1.82) is 0 Å². The lowest BCUT2D eigenvalue weighted by molar-refractivity contribution is -0.130. The molecule has 0 bridgehead atoms. The van der Waals surface area contributed by atoms with Gasteiger partial charge in [0.05, 0.1) is 28.6 Å². The van der Waals surface area contributed by atoms with Gasteiger partial charge in [-0.3, -0.25) is 4.79 Å². The molecule has 6 heteroatoms. The van der Waals surface area contributed by atoms with Crippen LogP contribution in [0.5, 0.6) is 0 Å². The highest BCUT2D eigenvalue weighted by Crippen LogP contribution is 2.22. The van der Waals surface area contributed by atoms with Crippen LogP contribution in [0.4, 0.5) is 0 Å². The number of para-hydroxylation sites is 2. The van der Waals surface area contributed by atoms with Gasteiger partial charge in [0.15, 0.2) is 0 Å². The van der Waals surface area contributed by atoms with Gasteiger partial charge in [-0.25, -0.2) is 9.67 Å². The van der Waals surface area contributed by atoms with E-state index in [1.165, 1.54) is 0 Å². The van der Waals surface area contributed by atoms with Crippen LogP contribution in [-0.2, 0) is 17.8 Å². The number of fused-ring (bicyclic) bond motifs is 1. The van der Waals surface area contributed by atoms with Crippen molar-refractivity contribution in [2.45, 2.75) is 19.4 Å². The molecule has 0 aliphatic carbocycles. The van der Waals surface area contributed by atoms with E-state index in [2.05, 4.69) is 16.1 Å². The summed E-state index contributed by atoms with van der Waals surface area (Å²) in [6, 6.07) is 18.0. The molecule has 0 fully saturated rings. The third-order valence-corrected chi connectivity index (χ3v) is 5.44. The van der Waals surface area contributed by atoms with Crippen LogP contribution in [0.25, 0.3) is 15.9 Å². The van der Waals surface area contributed by atoms with Crippen LogP contribution in [0.3, 0.4) is 0 Å². The van der Waals surface area contributed by atoms with Crippen LogP contribution in [0.15, 0.2) is 67.0 Å². The number of carbonyl (C=O) groups excluding carboxylic acids is 1. The van der Waals surface area contributed by atoms with Crippen LogP contribution in [0, 0.1) is 0 Å². The molecule has 0 unspecified atom stereocenters. The van der Waals surface area contributed by atoms with E-state index in [1.807, 2.05) is 72.7 Å². The van der Waals surface area contributed by atoms with Gasteiger partial charge in [0.1, 0.15) is 5.01 Å². The van der Waals surface area contributed by atoms with Crippen LogP contribution in [-0.4, -0.2) is 32.6 Å². The maximum Gasteiger partial charge on any atom is 0.223 e. The minimum atomic E-state index is 0.113. The van der Waals surface area contributed by atoms with Crippen molar-refractivity contribution in [2.75, 3.05) is 7.05 Å². The fourth-order valence-electron chi connectivity index (χ4n) is 2.93. The molecule has 2 aromatic heterocycles. The Morgan fingerprint density at radius 1 is 1.11 bits per heavy atom. The Hall–Kier alpha value is -2.99. The maximum absolute atomic E-state index is 12.5. The molecule has 2 heterocycles. The molecule has 0 aliphatic heterocycles. The zero-order valence-electron chi connectivity index (χ0n) is 15.1. The SMILES string of the molecule is CN(Cc1nc2ccccc2s1)C(=O)CCc1cnn(-c2ccccc2)c1. The number of thiazole rings is 1. The van der Waals surface area contributed by atoms with Crippen LogP contribution in [0.2, 0.25) is 0 Å². The number of rotatable bonds is 6. The second kappa shape index (κ2) is 7.72. The first-order valence-electron chi connectivity index (χ1n) is 8.86. The maximum atomic E-state index is 12.5. The monoisotopic (exact) mass is 376 g/mol. The molecule has 5 nitrogen and oxygen atoms in total. The van der Waals surface area contributed by atoms with Crippen molar-refractivity contribution in [3.8, 4) is 5.69 Å². The predicted molar refractivity (Wildman–Crippen MR) is 108 cm³/mol. The largest absolute Gasteiger partial charge is 0.339 e. The number of nitrogens with zero attached hydrogens (tertiary/aromatic N) is 4. The third-order valence-electron chi connectivity index (χ3n) is 4.42. The first-order valence-corrected chi connectivity index (χ1v) is 9.68. The molecule has 0 radical (unpaired) electrons. The number of aromatic nitrogens is 3. The van der Waals surface area contributed by atoms with E-state index in [9.17, 15) is 4.79 Å². The summed E-state index contributed by atoms with van der Waals surface area (Å²) in [6.45, 7) is 0.543. The Labute approximate surface area is 161 Å². The quantitative estimate of drug-likeness (QED) is 0.510. The Bertz CT molecular complexity index is 1020. The average molecular weight is 376 g/mol. The number of carbonyl (C=O) groups is 1. The van der Waals surface area contributed by atoms with Gasteiger partial charge in [0.25, 0.3) is 0 Å². The molecule has 4 rings (SSSR count). The third kappa shape index (κ3) is 4.06. The Kier molecular flexibility index (Phi) is 4.98. The van der Waals surface area contributed by atoms with Crippen molar-refractivity contribution < 1.29 is 4.79 Å². The van der Waals surface area contributed by atoms with Gasteiger partial charge >= 0.3 is 0 Å². The Balaban J connectivity index is 1.34. The van der Waals surface area contributed by atoms with E-state index in [-0.39, 0.29) is 5.91 Å². The predicted octanol–water partition coefficient (Wildman–Crippen LogP) is 4.07. The summed E-state index contributed by atoms with van der Waals surface area (Å²) in [4.78, 5) is 18.8. The highest BCUT2D eigenvalue weighted by atomic mass is 32.1. The summed E-state index contributed by atoms with van der Waals surface area (Å²) in [5.74, 6) is 0.113. The number of benzene rings is 2. The molecular formula is C21H20N4OS. The molecule has 0 saturated heterocycles. The lowest BCUT2D eigenvalue weighted by atomic mass is 10.2. The molecular weight excluding hydrogens is 356 g/mol. The molecule has 0 saturated carbocycles. The van der Waals surface area contributed by atoms with E-state index in [1.54, 1.807) is 16.2 Å². The lowest BCUT2D eigenvalue weighted by Gasteiger charge is -2.15. The lowest BCUT2D eigenvalue weighted by Crippen LogP contribution is -2.26. The molecule has 136 valence electrons. The first kappa shape index (κ1) is 17.4. The Morgan fingerprint density at radius 3 is 2.70 bits per heavy atom. The van der Waals surface area contributed by atoms with Gasteiger partial charge < -0.3 is 4.90 Å². The fraction of sp³-hybridized carbons (Fsp3) is 0.190.